The third-order valence-electron chi connectivity index (χ3n) is 3.98. The predicted octanol–water partition coefficient (Wildman–Crippen LogP) is 2.61. The minimum Gasteiger partial charge on any atom is -0.379 e. The second-order valence-corrected chi connectivity index (χ2v) is 5.56. The molecular weight excluding hydrogens is 238 g/mol. The summed E-state index contributed by atoms with van der Waals surface area (Å²) in [6, 6.07) is 3.42. The number of aliphatic imine (C=N–C) groups is 2. The number of hydrogen-bond donors (Lipinski definition) is 0. The fourth-order valence-electron chi connectivity index (χ4n) is 2.73. The lowest BCUT2D eigenvalue weighted by Gasteiger charge is -2.26. The maximum absolute atomic E-state index is 5.33. The van der Waals surface area contributed by atoms with Gasteiger partial charge in [0.25, 0.3) is 0 Å². The fraction of sp³-hybridized carbons (Fsp3) is 0.933. The van der Waals surface area contributed by atoms with E-state index >= 15 is 0 Å². The Labute approximate surface area is 117 Å². The molecular formula is C15H27N3O. The Hall–Kier alpha value is -0.700. The van der Waals surface area contributed by atoms with Gasteiger partial charge in [-0.2, -0.15) is 0 Å². The van der Waals surface area contributed by atoms with Gasteiger partial charge < -0.3 is 4.74 Å². The number of nitrogens with zero attached hydrogens (tertiary/aromatic N) is 3. The highest BCUT2D eigenvalue weighted by molar-refractivity contribution is 5.41. The van der Waals surface area contributed by atoms with Crippen molar-refractivity contribution in [1.82, 2.24) is 4.90 Å². The van der Waals surface area contributed by atoms with Gasteiger partial charge in [-0.25, -0.2) is 9.98 Å². The van der Waals surface area contributed by atoms with Crippen LogP contribution in [0.25, 0.3) is 0 Å². The van der Waals surface area contributed by atoms with Crippen molar-refractivity contribution in [3.8, 4) is 0 Å². The molecule has 19 heavy (non-hydrogen) atoms. The van der Waals surface area contributed by atoms with Crippen LogP contribution in [0.3, 0.4) is 0 Å². The first-order valence-electron chi connectivity index (χ1n) is 7.86. The van der Waals surface area contributed by atoms with Crippen molar-refractivity contribution < 1.29 is 4.74 Å². The van der Waals surface area contributed by atoms with E-state index < -0.39 is 0 Å². The second kappa shape index (κ2) is 9.24. The molecule has 0 unspecified atom stereocenters. The lowest BCUT2D eigenvalue weighted by Crippen LogP contribution is -2.36. The first-order chi connectivity index (χ1) is 9.45. The molecule has 4 heteroatoms. The molecule has 4 nitrogen and oxygen atoms in total. The van der Waals surface area contributed by atoms with Gasteiger partial charge in [0.05, 0.1) is 25.3 Å². The topological polar surface area (TPSA) is 37.2 Å². The van der Waals surface area contributed by atoms with E-state index in [0.717, 1.165) is 39.3 Å². The first-order valence-corrected chi connectivity index (χ1v) is 7.86. The summed E-state index contributed by atoms with van der Waals surface area (Å²) in [7, 11) is 0. The van der Waals surface area contributed by atoms with Gasteiger partial charge in [-0.1, -0.05) is 19.3 Å². The Kier molecular flexibility index (Phi) is 7.15. The fourth-order valence-corrected chi connectivity index (χ4v) is 2.73. The maximum atomic E-state index is 5.33. The molecule has 0 radical (unpaired) electrons. The highest BCUT2D eigenvalue weighted by atomic mass is 16.5. The van der Waals surface area contributed by atoms with Crippen molar-refractivity contribution in [2.24, 2.45) is 9.98 Å². The van der Waals surface area contributed by atoms with Crippen LogP contribution in [-0.2, 0) is 4.74 Å². The molecule has 1 aliphatic carbocycles. The molecule has 2 fully saturated rings. The summed E-state index contributed by atoms with van der Waals surface area (Å²) in [5, 5.41) is 0. The molecule has 2 rings (SSSR count). The van der Waals surface area contributed by atoms with Crippen LogP contribution in [0.1, 0.15) is 44.9 Å². The van der Waals surface area contributed by atoms with Crippen molar-refractivity contribution in [3.05, 3.63) is 0 Å². The van der Waals surface area contributed by atoms with Crippen LogP contribution in [0, 0.1) is 0 Å². The third kappa shape index (κ3) is 6.33. The Morgan fingerprint density at radius 2 is 1.84 bits per heavy atom. The van der Waals surface area contributed by atoms with E-state index in [0.29, 0.717) is 6.04 Å². The van der Waals surface area contributed by atoms with Crippen LogP contribution in [0.5, 0.6) is 0 Å². The van der Waals surface area contributed by atoms with Gasteiger partial charge >= 0.3 is 0 Å². The molecule has 0 aromatic carbocycles. The summed E-state index contributed by atoms with van der Waals surface area (Å²) in [6.45, 7) is 6.02. The number of morpholine rings is 1. The SMILES string of the molecule is C(=NCCCCN1CCOCC1)=NC1CCCCC1. The van der Waals surface area contributed by atoms with Crippen molar-refractivity contribution in [2.75, 3.05) is 39.4 Å². The van der Waals surface area contributed by atoms with E-state index in [1.807, 2.05) is 0 Å². The monoisotopic (exact) mass is 265 g/mol. The molecule has 108 valence electrons. The molecule has 0 aromatic heterocycles. The molecule has 0 amide bonds. The smallest absolute Gasteiger partial charge is 0.0895 e. The van der Waals surface area contributed by atoms with Crippen molar-refractivity contribution in [1.29, 1.82) is 0 Å². The summed E-state index contributed by atoms with van der Waals surface area (Å²) >= 11 is 0. The van der Waals surface area contributed by atoms with Crippen molar-refractivity contribution in [3.63, 3.8) is 0 Å². The molecule has 0 atom stereocenters. The number of unbranched alkanes of at least 4 members (excludes halogenated alkanes) is 1. The van der Waals surface area contributed by atoms with Gasteiger partial charge in [-0.15, -0.1) is 0 Å². The Morgan fingerprint density at radius 1 is 1.05 bits per heavy atom. The molecule has 0 N–H and O–H groups in total. The molecule has 0 aromatic rings. The molecule has 1 saturated carbocycles. The van der Waals surface area contributed by atoms with Crippen LogP contribution >= 0.6 is 0 Å². The third-order valence-corrected chi connectivity index (χ3v) is 3.98. The molecule has 0 bridgehead atoms. The Bertz CT molecular complexity index is 288. The Balaban J connectivity index is 1.49. The number of hydrogen-bond acceptors (Lipinski definition) is 4. The van der Waals surface area contributed by atoms with E-state index in [1.54, 1.807) is 0 Å². The van der Waals surface area contributed by atoms with Gasteiger partial charge in [0.15, 0.2) is 0 Å². The standard InChI is InChI=1S/C15H27N3O/c1-2-6-15(7-3-1)17-14-16-8-4-5-9-18-10-12-19-13-11-18/h15H,1-13H2. The second-order valence-electron chi connectivity index (χ2n) is 5.56. The summed E-state index contributed by atoms with van der Waals surface area (Å²) in [5.41, 5.74) is 0. The summed E-state index contributed by atoms with van der Waals surface area (Å²) < 4.78 is 5.33. The van der Waals surface area contributed by atoms with E-state index in [-0.39, 0.29) is 0 Å². The van der Waals surface area contributed by atoms with E-state index in [4.69, 9.17) is 4.74 Å². The van der Waals surface area contributed by atoms with Crippen LogP contribution < -0.4 is 0 Å². The van der Waals surface area contributed by atoms with Crippen LogP contribution in [0.15, 0.2) is 9.98 Å². The van der Waals surface area contributed by atoms with Crippen LogP contribution in [0.2, 0.25) is 0 Å². The van der Waals surface area contributed by atoms with Crippen LogP contribution in [0.4, 0.5) is 0 Å². The zero-order valence-electron chi connectivity index (χ0n) is 12.0. The molecule has 0 spiro atoms. The van der Waals surface area contributed by atoms with E-state index in [1.165, 1.54) is 45.1 Å². The van der Waals surface area contributed by atoms with Crippen LogP contribution in [-0.4, -0.2) is 56.3 Å². The highest BCUT2D eigenvalue weighted by Crippen LogP contribution is 2.19. The van der Waals surface area contributed by atoms with Gasteiger partial charge in [0.2, 0.25) is 0 Å². The zero-order valence-corrected chi connectivity index (χ0v) is 12.0. The average molecular weight is 265 g/mol. The van der Waals surface area contributed by atoms with Gasteiger partial charge in [-0.3, -0.25) is 4.90 Å². The predicted molar refractivity (Wildman–Crippen MR) is 78.1 cm³/mol. The normalized spacial score (nSPS) is 21.9. The molecule has 2 aliphatic rings. The lowest BCUT2D eigenvalue weighted by atomic mass is 9.96. The minimum atomic E-state index is 0.505. The van der Waals surface area contributed by atoms with Gasteiger partial charge in [0, 0.05) is 19.6 Å². The van der Waals surface area contributed by atoms with Crippen molar-refractivity contribution in [2.45, 2.75) is 51.0 Å². The number of rotatable bonds is 6. The van der Waals surface area contributed by atoms with Crippen molar-refractivity contribution >= 4 is 6.01 Å². The van der Waals surface area contributed by atoms with Gasteiger partial charge in [0.1, 0.15) is 0 Å². The average Bonchev–Trinajstić information content (AvgIpc) is 2.48. The summed E-state index contributed by atoms with van der Waals surface area (Å²) in [6.07, 6.45) is 8.87. The largest absolute Gasteiger partial charge is 0.379 e. The molecule has 1 aliphatic heterocycles. The first kappa shape index (κ1) is 14.7. The van der Waals surface area contributed by atoms with E-state index in [9.17, 15) is 0 Å². The van der Waals surface area contributed by atoms with Gasteiger partial charge in [-0.05, 0) is 32.2 Å². The van der Waals surface area contributed by atoms with E-state index in [2.05, 4.69) is 20.9 Å². The Morgan fingerprint density at radius 3 is 2.63 bits per heavy atom. The maximum Gasteiger partial charge on any atom is 0.0895 e. The minimum absolute atomic E-state index is 0.505. The summed E-state index contributed by atoms with van der Waals surface area (Å²) in [5.74, 6) is 0. The number of ether oxygens (including phenoxy) is 1. The highest BCUT2D eigenvalue weighted by Gasteiger charge is 2.10. The summed E-state index contributed by atoms with van der Waals surface area (Å²) in [4.78, 5) is 11.2. The quantitative estimate of drug-likeness (QED) is 0.547. The zero-order chi connectivity index (χ0) is 13.2. The molecule has 1 saturated heterocycles. The lowest BCUT2D eigenvalue weighted by molar-refractivity contribution is 0.0373. The molecule has 1 heterocycles.